The van der Waals surface area contributed by atoms with E-state index in [9.17, 15) is 0 Å². The summed E-state index contributed by atoms with van der Waals surface area (Å²) in [5.74, 6) is 2.22. The van der Waals surface area contributed by atoms with Crippen molar-refractivity contribution in [3.05, 3.63) is 23.9 Å². The summed E-state index contributed by atoms with van der Waals surface area (Å²) < 4.78 is 0. The fraction of sp³-hybridized carbons (Fsp3) is 0.462. The van der Waals surface area contributed by atoms with E-state index in [1.54, 1.807) is 6.33 Å². The van der Waals surface area contributed by atoms with Gasteiger partial charge in [-0.15, -0.1) is 10.2 Å². The summed E-state index contributed by atoms with van der Waals surface area (Å²) >= 11 is 0. The van der Waals surface area contributed by atoms with Gasteiger partial charge in [-0.2, -0.15) is 5.21 Å². The van der Waals surface area contributed by atoms with Crippen molar-refractivity contribution in [2.75, 3.05) is 18.0 Å². The number of aryl methyl sites for hydroxylation is 1. The zero-order chi connectivity index (χ0) is 14.2. The highest BCUT2D eigenvalue weighted by molar-refractivity contribution is 5.90. The first-order valence-electron chi connectivity index (χ1n) is 7.10. The Kier molecular flexibility index (Phi) is 2.80. The summed E-state index contributed by atoms with van der Waals surface area (Å²) in [6.45, 7) is 3.96. The molecule has 8 heteroatoms. The second-order valence-electron chi connectivity index (χ2n) is 5.42. The lowest BCUT2D eigenvalue weighted by Gasteiger charge is -2.31. The zero-order valence-electron chi connectivity index (χ0n) is 11.7. The van der Waals surface area contributed by atoms with Gasteiger partial charge in [0.1, 0.15) is 17.8 Å². The van der Waals surface area contributed by atoms with Gasteiger partial charge in [0.05, 0.1) is 5.39 Å². The summed E-state index contributed by atoms with van der Waals surface area (Å²) in [5.41, 5.74) is 2.08. The number of aromatic amines is 2. The van der Waals surface area contributed by atoms with Crippen molar-refractivity contribution >= 4 is 16.9 Å². The molecule has 0 amide bonds. The minimum Gasteiger partial charge on any atom is -0.356 e. The van der Waals surface area contributed by atoms with Gasteiger partial charge < -0.3 is 9.88 Å². The third-order valence-electron chi connectivity index (χ3n) is 4.17. The van der Waals surface area contributed by atoms with Crippen molar-refractivity contribution in [2.45, 2.75) is 25.7 Å². The Balaban J connectivity index is 1.59. The average Bonchev–Trinajstić information content (AvgIpc) is 3.18. The lowest BCUT2D eigenvalue weighted by atomic mass is 9.96. The van der Waals surface area contributed by atoms with Crippen LogP contribution in [0.2, 0.25) is 0 Å². The molecule has 21 heavy (non-hydrogen) atoms. The molecule has 8 nitrogen and oxygen atoms in total. The van der Waals surface area contributed by atoms with Crippen molar-refractivity contribution in [2.24, 2.45) is 0 Å². The summed E-state index contributed by atoms with van der Waals surface area (Å²) in [6.07, 6.45) is 5.62. The Bertz CT molecular complexity index is 739. The van der Waals surface area contributed by atoms with E-state index in [4.69, 9.17) is 0 Å². The number of fused-ring (bicyclic) bond motifs is 1. The van der Waals surface area contributed by atoms with Crippen molar-refractivity contribution in [1.82, 2.24) is 35.6 Å². The van der Waals surface area contributed by atoms with E-state index in [-0.39, 0.29) is 0 Å². The first kappa shape index (κ1) is 12.2. The van der Waals surface area contributed by atoms with Crippen molar-refractivity contribution in [3.8, 4) is 0 Å². The molecule has 3 aromatic rings. The number of nitrogens with one attached hydrogen (secondary N) is 2. The van der Waals surface area contributed by atoms with E-state index in [0.29, 0.717) is 5.92 Å². The quantitative estimate of drug-likeness (QED) is 0.732. The summed E-state index contributed by atoms with van der Waals surface area (Å²) in [7, 11) is 0. The summed E-state index contributed by atoms with van der Waals surface area (Å²) in [4.78, 5) is 14.3. The monoisotopic (exact) mass is 284 g/mol. The molecule has 1 aliphatic rings. The Hall–Kier alpha value is -2.51. The van der Waals surface area contributed by atoms with Crippen LogP contribution in [0, 0.1) is 6.92 Å². The molecule has 0 saturated carbocycles. The predicted octanol–water partition coefficient (Wildman–Crippen LogP) is 1.16. The van der Waals surface area contributed by atoms with E-state index in [1.165, 1.54) is 5.56 Å². The van der Waals surface area contributed by atoms with E-state index < -0.39 is 0 Å². The normalized spacial score (nSPS) is 16.7. The SMILES string of the molecule is Cc1c[nH]c2ncnc(N3CCC(c4nn[nH]n4)CC3)c12. The summed E-state index contributed by atoms with van der Waals surface area (Å²) in [6, 6.07) is 0. The molecular weight excluding hydrogens is 268 g/mol. The maximum absolute atomic E-state index is 4.50. The lowest BCUT2D eigenvalue weighted by Crippen LogP contribution is -2.34. The second-order valence-corrected chi connectivity index (χ2v) is 5.42. The number of piperidine rings is 1. The first-order chi connectivity index (χ1) is 10.3. The van der Waals surface area contributed by atoms with Crippen molar-refractivity contribution in [1.29, 1.82) is 0 Å². The van der Waals surface area contributed by atoms with E-state index in [2.05, 4.69) is 47.4 Å². The standard InChI is InChI=1S/C13H16N8/c1-8-6-14-12-10(8)13(16-7-15-12)21-4-2-9(3-5-21)11-17-19-20-18-11/h6-7,9H,2-5H2,1H3,(H,14,15,16)(H,17,18,19,20). The number of nitrogens with zero attached hydrogens (tertiary/aromatic N) is 6. The molecule has 108 valence electrons. The number of hydrogen-bond donors (Lipinski definition) is 2. The molecule has 1 fully saturated rings. The van der Waals surface area contributed by atoms with Gasteiger partial charge in [-0.05, 0) is 25.3 Å². The summed E-state index contributed by atoms with van der Waals surface area (Å²) in [5, 5.41) is 15.5. The van der Waals surface area contributed by atoms with Gasteiger partial charge in [0, 0.05) is 25.2 Å². The molecule has 0 atom stereocenters. The number of hydrogen-bond acceptors (Lipinski definition) is 6. The fourth-order valence-corrected chi connectivity index (χ4v) is 3.03. The second kappa shape index (κ2) is 4.80. The lowest BCUT2D eigenvalue weighted by molar-refractivity contribution is 0.484. The number of H-pyrrole nitrogens is 2. The Morgan fingerprint density at radius 3 is 2.86 bits per heavy atom. The molecule has 0 aromatic carbocycles. The van der Waals surface area contributed by atoms with E-state index in [1.807, 2.05) is 6.20 Å². The van der Waals surface area contributed by atoms with Gasteiger partial charge in [-0.1, -0.05) is 5.21 Å². The van der Waals surface area contributed by atoms with Gasteiger partial charge in [0.2, 0.25) is 0 Å². The van der Waals surface area contributed by atoms with Crippen LogP contribution >= 0.6 is 0 Å². The smallest absolute Gasteiger partial charge is 0.177 e. The zero-order valence-corrected chi connectivity index (χ0v) is 11.7. The third kappa shape index (κ3) is 2.03. The molecule has 0 bridgehead atoms. The Morgan fingerprint density at radius 1 is 1.24 bits per heavy atom. The highest BCUT2D eigenvalue weighted by atomic mass is 15.5. The molecule has 0 spiro atoms. The van der Waals surface area contributed by atoms with Crippen LogP contribution in [-0.2, 0) is 0 Å². The molecule has 4 rings (SSSR count). The molecule has 1 saturated heterocycles. The van der Waals surface area contributed by atoms with Crippen LogP contribution in [0.5, 0.6) is 0 Å². The van der Waals surface area contributed by atoms with Crippen LogP contribution < -0.4 is 4.90 Å². The van der Waals surface area contributed by atoms with E-state index in [0.717, 1.165) is 48.6 Å². The highest BCUT2D eigenvalue weighted by Crippen LogP contribution is 2.31. The van der Waals surface area contributed by atoms with Crippen LogP contribution in [0.25, 0.3) is 11.0 Å². The number of rotatable bonds is 2. The molecular formula is C13H16N8. The van der Waals surface area contributed by atoms with Crippen LogP contribution in [-0.4, -0.2) is 48.7 Å². The van der Waals surface area contributed by atoms with Gasteiger partial charge in [0.15, 0.2) is 5.82 Å². The fourth-order valence-electron chi connectivity index (χ4n) is 3.03. The molecule has 4 heterocycles. The number of tetrazole rings is 1. The molecule has 1 aliphatic heterocycles. The topological polar surface area (TPSA) is 99.3 Å². The Morgan fingerprint density at radius 2 is 2.10 bits per heavy atom. The van der Waals surface area contributed by atoms with Crippen LogP contribution in [0.1, 0.15) is 30.1 Å². The van der Waals surface area contributed by atoms with Gasteiger partial charge in [0.25, 0.3) is 0 Å². The minimum absolute atomic E-state index is 0.379. The molecule has 0 aliphatic carbocycles. The van der Waals surface area contributed by atoms with Crippen molar-refractivity contribution in [3.63, 3.8) is 0 Å². The molecule has 3 aromatic heterocycles. The van der Waals surface area contributed by atoms with Crippen LogP contribution in [0.3, 0.4) is 0 Å². The average molecular weight is 284 g/mol. The number of anilines is 1. The Labute approximate surface area is 121 Å². The third-order valence-corrected chi connectivity index (χ3v) is 4.17. The van der Waals surface area contributed by atoms with Gasteiger partial charge >= 0.3 is 0 Å². The van der Waals surface area contributed by atoms with Crippen LogP contribution in [0.4, 0.5) is 5.82 Å². The van der Waals surface area contributed by atoms with Gasteiger partial charge in [-0.3, -0.25) is 0 Å². The molecule has 0 radical (unpaired) electrons. The van der Waals surface area contributed by atoms with Crippen molar-refractivity contribution < 1.29 is 0 Å². The molecule has 0 unspecified atom stereocenters. The maximum atomic E-state index is 4.50. The largest absolute Gasteiger partial charge is 0.356 e. The maximum Gasteiger partial charge on any atom is 0.177 e. The van der Waals surface area contributed by atoms with Gasteiger partial charge in [-0.25, -0.2) is 9.97 Å². The molecule has 2 N–H and O–H groups in total. The van der Waals surface area contributed by atoms with E-state index >= 15 is 0 Å². The van der Waals surface area contributed by atoms with Crippen LogP contribution in [0.15, 0.2) is 12.5 Å². The highest BCUT2D eigenvalue weighted by Gasteiger charge is 2.25. The predicted molar refractivity (Wildman–Crippen MR) is 77.0 cm³/mol. The number of aromatic nitrogens is 7. The first-order valence-corrected chi connectivity index (χ1v) is 7.10. The minimum atomic E-state index is 0.379.